The van der Waals surface area contributed by atoms with Gasteiger partial charge < -0.3 is 14.2 Å². The van der Waals surface area contributed by atoms with E-state index in [2.05, 4.69) is 167 Å². The highest BCUT2D eigenvalue weighted by molar-refractivity contribution is 5.72. The Balaban J connectivity index is 4.51. The fourth-order valence-corrected chi connectivity index (χ4v) is 7.96. The minimum Gasteiger partial charge on any atom is -0.462 e. The zero-order chi connectivity index (χ0) is 55.7. The minimum absolute atomic E-state index is 0.111. The average molecular weight is 1060 g/mol. The Bertz CT molecular complexity index is 1740. The Hall–Kier alpha value is -4.97. The molecular formula is C71H112O6. The van der Waals surface area contributed by atoms with Gasteiger partial charge in [0.05, 0.1) is 6.42 Å². The largest absolute Gasteiger partial charge is 0.462 e. The van der Waals surface area contributed by atoms with Crippen LogP contribution in [0.4, 0.5) is 0 Å². The summed E-state index contributed by atoms with van der Waals surface area (Å²) in [5.74, 6) is -1.11. The van der Waals surface area contributed by atoms with Gasteiger partial charge in [-0.05, 0) is 128 Å². The number of carbonyl (C=O) groups excluding carboxylic acids is 3. The summed E-state index contributed by atoms with van der Waals surface area (Å²) in [7, 11) is 0. The van der Waals surface area contributed by atoms with Crippen molar-refractivity contribution in [1.82, 2.24) is 0 Å². The quantitative estimate of drug-likeness (QED) is 0.0261. The Labute approximate surface area is 473 Å². The van der Waals surface area contributed by atoms with Gasteiger partial charge in [0.1, 0.15) is 13.2 Å². The number of carbonyl (C=O) groups is 3. The number of hydrogen-bond donors (Lipinski definition) is 0. The number of unbranched alkanes of at least 4 members (excludes halogenated alkanes) is 18. The van der Waals surface area contributed by atoms with Gasteiger partial charge in [-0.25, -0.2) is 0 Å². The maximum Gasteiger partial charge on any atom is 0.309 e. The Morgan fingerprint density at radius 3 is 0.922 bits per heavy atom. The van der Waals surface area contributed by atoms with Crippen molar-refractivity contribution in [2.75, 3.05) is 13.2 Å². The molecule has 0 spiro atoms. The van der Waals surface area contributed by atoms with Crippen LogP contribution in [0.3, 0.4) is 0 Å². The van der Waals surface area contributed by atoms with Crippen LogP contribution in [0.15, 0.2) is 158 Å². The van der Waals surface area contributed by atoms with E-state index in [4.69, 9.17) is 14.2 Å². The first-order valence-corrected chi connectivity index (χ1v) is 31.0. The fourth-order valence-electron chi connectivity index (χ4n) is 7.96. The first-order valence-electron chi connectivity index (χ1n) is 31.0. The standard InChI is InChI=1S/C71H112O6/c1-4-7-10-13-16-19-22-25-28-30-32-33-34-35-36-37-39-40-43-46-49-52-55-58-61-64-70(73)76-67-68(66-75-69(72)63-60-57-54-51-48-45-42-27-24-21-18-15-12-9-6-3)77-71(74)65-62-59-56-53-50-47-44-41-38-31-29-26-23-20-17-14-11-8-5-2/h8-9,11-12,17-18,20-22,25-27,29-30,32,34-35,38,41-42,47-48,50-51,57,60,68H,4-7,10,13-16,19,23-24,28,31,33,36-37,39-40,43-46,49,52-56,58-59,61-67H2,1-3H3/b11-8-,12-9-,20-17-,21-18-,25-22-,29-26-,32-30-,35-34-,41-38-,42-27-,50-47-,51-48-,60-57-. The molecule has 6 nitrogen and oxygen atoms in total. The second-order valence-electron chi connectivity index (χ2n) is 19.9. The molecule has 0 aromatic heterocycles. The van der Waals surface area contributed by atoms with Crippen molar-refractivity contribution in [2.45, 2.75) is 258 Å². The summed E-state index contributed by atoms with van der Waals surface area (Å²) in [4.78, 5) is 38.2. The van der Waals surface area contributed by atoms with E-state index >= 15 is 0 Å². The molecule has 0 bridgehead atoms. The highest BCUT2D eigenvalue weighted by atomic mass is 16.6. The topological polar surface area (TPSA) is 78.9 Å². The molecule has 0 saturated heterocycles. The van der Waals surface area contributed by atoms with E-state index < -0.39 is 12.1 Å². The number of hydrogen-bond acceptors (Lipinski definition) is 6. The van der Waals surface area contributed by atoms with E-state index in [0.29, 0.717) is 12.8 Å². The molecule has 0 radical (unpaired) electrons. The van der Waals surface area contributed by atoms with Crippen LogP contribution in [0.5, 0.6) is 0 Å². The van der Waals surface area contributed by atoms with Gasteiger partial charge in [-0.3, -0.25) is 14.4 Å². The van der Waals surface area contributed by atoms with Gasteiger partial charge in [0, 0.05) is 12.8 Å². The van der Waals surface area contributed by atoms with Crippen LogP contribution in [0.1, 0.15) is 252 Å². The normalized spacial score (nSPS) is 13.2. The molecular weight excluding hydrogens is 949 g/mol. The summed E-state index contributed by atoms with van der Waals surface area (Å²) in [5, 5.41) is 0. The second-order valence-corrected chi connectivity index (χ2v) is 19.9. The summed E-state index contributed by atoms with van der Waals surface area (Å²) >= 11 is 0. The van der Waals surface area contributed by atoms with Gasteiger partial charge in [0.25, 0.3) is 0 Å². The van der Waals surface area contributed by atoms with E-state index in [-0.39, 0.29) is 38.0 Å². The molecule has 0 N–H and O–H groups in total. The van der Waals surface area contributed by atoms with Crippen LogP contribution in [-0.2, 0) is 28.6 Å². The molecule has 0 aromatic carbocycles. The van der Waals surface area contributed by atoms with Crippen LogP contribution in [0.25, 0.3) is 0 Å². The Morgan fingerprint density at radius 2 is 0.558 bits per heavy atom. The highest BCUT2D eigenvalue weighted by Gasteiger charge is 2.19. The molecule has 0 fully saturated rings. The lowest BCUT2D eigenvalue weighted by atomic mass is 10.1. The molecule has 0 rings (SSSR count). The maximum atomic E-state index is 12.9. The zero-order valence-corrected chi connectivity index (χ0v) is 49.4. The van der Waals surface area contributed by atoms with E-state index in [1.807, 2.05) is 6.08 Å². The van der Waals surface area contributed by atoms with E-state index in [9.17, 15) is 14.4 Å². The molecule has 0 aliphatic heterocycles. The van der Waals surface area contributed by atoms with Gasteiger partial charge in [-0.1, -0.05) is 262 Å². The minimum atomic E-state index is -0.846. The monoisotopic (exact) mass is 1060 g/mol. The average Bonchev–Trinajstić information content (AvgIpc) is 3.43. The van der Waals surface area contributed by atoms with Crippen LogP contribution >= 0.6 is 0 Å². The first-order chi connectivity index (χ1) is 38.0. The van der Waals surface area contributed by atoms with Gasteiger partial charge in [-0.2, -0.15) is 0 Å². The molecule has 77 heavy (non-hydrogen) atoms. The van der Waals surface area contributed by atoms with Gasteiger partial charge in [0.15, 0.2) is 6.10 Å². The predicted molar refractivity (Wildman–Crippen MR) is 334 cm³/mol. The molecule has 0 aromatic rings. The van der Waals surface area contributed by atoms with Crippen molar-refractivity contribution in [2.24, 2.45) is 0 Å². The van der Waals surface area contributed by atoms with Gasteiger partial charge in [-0.15, -0.1) is 0 Å². The summed E-state index contributed by atoms with van der Waals surface area (Å²) in [5.41, 5.74) is 0. The number of esters is 3. The van der Waals surface area contributed by atoms with Crippen molar-refractivity contribution in [3.63, 3.8) is 0 Å². The molecule has 0 heterocycles. The van der Waals surface area contributed by atoms with Crippen LogP contribution < -0.4 is 0 Å². The van der Waals surface area contributed by atoms with Crippen LogP contribution in [0, 0.1) is 0 Å². The number of ether oxygens (including phenoxy) is 3. The fraction of sp³-hybridized carbons (Fsp3) is 0.592. The molecule has 6 heteroatoms. The number of allylic oxidation sites excluding steroid dienone is 25. The molecule has 1 unspecified atom stereocenters. The smallest absolute Gasteiger partial charge is 0.309 e. The summed E-state index contributed by atoms with van der Waals surface area (Å²) in [6.07, 6.45) is 92.7. The summed E-state index contributed by atoms with van der Waals surface area (Å²) in [6.45, 7) is 6.27. The van der Waals surface area contributed by atoms with Gasteiger partial charge in [0.2, 0.25) is 0 Å². The van der Waals surface area contributed by atoms with Crippen molar-refractivity contribution in [3.05, 3.63) is 158 Å². The van der Waals surface area contributed by atoms with Crippen molar-refractivity contribution >= 4 is 17.9 Å². The lowest BCUT2D eigenvalue weighted by Gasteiger charge is -2.18. The third kappa shape index (κ3) is 61.8. The first kappa shape index (κ1) is 72.0. The third-order valence-corrected chi connectivity index (χ3v) is 12.5. The predicted octanol–water partition coefficient (Wildman–Crippen LogP) is 21.3. The molecule has 0 amide bonds. The second kappa shape index (κ2) is 63.6. The van der Waals surface area contributed by atoms with Crippen molar-refractivity contribution < 1.29 is 28.6 Å². The third-order valence-electron chi connectivity index (χ3n) is 12.5. The van der Waals surface area contributed by atoms with Crippen molar-refractivity contribution in [1.29, 1.82) is 0 Å². The number of rotatable bonds is 54. The molecule has 0 aliphatic rings. The summed E-state index contributed by atoms with van der Waals surface area (Å²) < 4.78 is 16.8. The Morgan fingerprint density at radius 1 is 0.286 bits per heavy atom. The maximum absolute atomic E-state index is 12.9. The lowest BCUT2D eigenvalue weighted by molar-refractivity contribution is -0.166. The summed E-state index contributed by atoms with van der Waals surface area (Å²) in [6, 6.07) is 0. The molecule has 0 aliphatic carbocycles. The Kier molecular flexibility index (Phi) is 59.5. The SMILES string of the molecule is CC/C=C\C/C=C\C/C=C\C/C=C\C/C=C\CCCCCC(=O)OC(COC(=O)C/C=C\C/C=C\C/C=C\C/C=C\C/C=C\CC)COC(=O)CCCCCCCCCCCC/C=C\C/C=C\C/C=C\CCCCCCC. The lowest BCUT2D eigenvalue weighted by Crippen LogP contribution is -2.30. The highest BCUT2D eigenvalue weighted by Crippen LogP contribution is 2.14. The molecule has 432 valence electrons. The van der Waals surface area contributed by atoms with Crippen LogP contribution in [-0.4, -0.2) is 37.2 Å². The van der Waals surface area contributed by atoms with Crippen molar-refractivity contribution in [3.8, 4) is 0 Å². The van der Waals surface area contributed by atoms with E-state index in [0.717, 1.165) is 116 Å². The van der Waals surface area contributed by atoms with Gasteiger partial charge >= 0.3 is 17.9 Å². The van der Waals surface area contributed by atoms with E-state index in [1.54, 1.807) is 6.08 Å². The molecule has 1 atom stereocenters. The van der Waals surface area contributed by atoms with E-state index in [1.165, 1.54) is 89.9 Å². The zero-order valence-electron chi connectivity index (χ0n) is 49.4. The molecule has 0 saturated carbocycles. The van der Waals surface area contributed by atoms with Crippen LogP contribution in [0.2, 0.25) is 0 Å².